The van der Waals surface area contributed by atoms with Crippen LogP contribution in [0.4, 0.5) is 11.5 Å². The molecule has 0 aliphatic heterocycles. The molecule has 1 saturated carbocycles. The third-order valence-corrected chi connectivity index (χ3v) is 3.75. The zero-order valence-corrected chi connectivity index (χ0v) is 12.3. The molecular formula is C11H17Cl2N5O2. The van der Waals surface area contributed by atoms with Crippen LogP contribution in [0.5, 0.6) is 0 Å². The van der Waals surface area contributed by atoms with Gasteiger partial charge >= 0.3 is 0 Å². The van der Waals surface area contributed by atoms with E-state index in [1.165, 1.54) is 5.01 Å². The molecule has 112 valence electrons. The van der Waals surface area contributed by atoms with Gasteiger partial charge < -0.3 is 15.6 Å². The van der Waals surface area contributed by atoms with Crippen molar-refractivity contribution in [2.24, 2.45) is 5.84 Å². The van der Waals surface area contributed by atoms with Crippen molar-refractivity contribution in [3.63, 3.8) is 0 Å². The molecule has 2 atom stereocenters. The van der Waals surface area contributed by atoms with Crippen LogP contribution in [-0.4, -0.2) is 40.4 Å². The minimum absolute atomic E-state index is 0.000674. The van der Waals surface area contributed by atoms with E-state index in [1.54, 1.807) is 0 Å². The molecule has 1 aromatic heterocycles. The second-order valence-electron chi connectivity index (χ2n) is 4.61. The van der Waals surface area contributed by atoms with Crippen molar-refractivity contribution in [1.82, 2.24) is 9.97 Å². The lowest BCUT2D eigenvalue weighted by atomic mass is 10.2. The number of anilines is 2. The molecule has 2 rings (SSSR count). The molecule has 1 aliphatic carbocycles. The van der Waals surface area contributed by atoms with Crippen LogP contribution < -0.4 is 16.6 Å². The Balaban J connectivity index is 2.07. The Morgan fingerprint density at radius 2 is 2.10 bits per heavy atom. The summed E-state index contributed by atoms with van der Waals surface area (Å²) >= 11 is 11.6. The van der Waals surface area contributed by atoms with Gasteiger partial charge in [-0.05, 0) is 30.9 Å². The SMILES string of the molecule is Nc1c(Cl)nc(Cl)nc1N(N)C1CCC(OCCO)C1. The molecule has 0 spiro atoms. The van der Waals surface area contributed by atoms with Crippen LogP contribution >= 0.6 is 23.2 Å². The monoisotopic (exact) mass is 321 g/mol. The van der Waals surface area contributed by atoms with E-state index in [1.807, 2.05) is 0 Å². The number of nitrogen functional groups attached to an aromatic ring is 1. The van der Waals surface area contributed by atoms with Gasteiger partial charge in [0.1, 0.15) is 5.69 Å². The molecule has 5 N–H and O–H groups in total. The molecule has 0 aromatic carbocycles. The van der Waals surface area contributed by atoms with Crippen LogP contribution in [0.15, 0.2) is 0 Å². The number of hydrogen-bond acceptors (Lipinski definition) is 7. The Bertz CT molecular complexity index is 476. The van der Waals surface area contributed by atoms with Crippen LogP contribution in [0.1, 0.15) is 19.3 Å². The normalized spacial score (nSPS) is 22.2. The van der Waals surface area contributed by atoms with E-state index in [9.17, 15) is 0 Å². The van der Waals surface area contributed by atoms with Gasteiger partial charge in [0.05, 0.1) is 19.3 Å². The van der Waals surface area contributed by atoms with Gasteiger partial charge in [-0.25, -0.2) is 10.8 Å². The molecule has 1 heterocycles. The third kappa shape index (κ3) is 3.42. The molecular weight excluding hydrogens is 305 g/mol. The van der Waals surface area contributed by atoms with Crippen molar-refractivity contribution in [1.29, 1.82) is 0 Å². The fourth-order valence-electron chi connectivity index (χ4n) is 2.32. The number of aromatic nitrogens is 2. The quantitative estimate of drug-likeness (QED) is 0.321. The summed E-state index contributed by atoms with van der Waals surface area (Å²) < 4.78 is 5.50. The molecule has 0 amide bonds. The van der Waals surface area contributed by atoms with Crippen LogP contribution in [0, 0.1) is 0 Å². The highest BCUT2D eigenvalue weighted by atomic mass is 35.5. The fraction of sp³-hybridized carbons (Fsp3) is 0.636. The summed E-state index contributed by atoms with van der Waals surface area (Å²) in [6, 6.07) is 0.0306. The van der Waals surface area contributed by atoms with E-state index >= 15 is 0 Å². The van der Waals surface area contributed by atoms with Crippen molar-refractivity contribution >= 4 is 34.7 Å². The van der Waals surface area contributed by atoms with Gasteiger partial charge in [0.2, 0.25) is 5.28 Å². The molecule has 0 saturated heterocycles. The Kier molecular flexibility index (Phi) is 5.22. The molecule has 0 bridgehead atoms. The molecule has 9 heteroatoms. The lowest BCUT2D eigenvalue weighted by molar-refractivity contribution is 0.0322. The Morgan fingerprint density at radius 3 is 2.80 bits per heavy atom. The zero-order valence-electron chi connectivity index (χ0n) is 10.8. The number of rotatable bonds is 5. The molecule has 20 heavy (non-hydrogen) atoms. The summed E-state index contributed by atoms with van der Waals surface area (Å²) in [7, 11) is 0. The van der Waals surface area contributed by atoms with Crippen molar-refractivity contribution in [3.05, 3.63) is 10.4 Å². The number of aliphatic hydroxyl groups excluding tert-OH is 1. The summed E-state index contributed by atoms with van der Waals surface area (Å²) in [6.07, 6.45) is 2.51. The van der Waals surface area contributed by atoms with Gasteiger partial charge in [-0.2, -0.15) is 4.98 Å². The molecule has 1 aromatic rings. The summed E-state index contributed by atoms with van der Waals surface area (Å²) in [5.74, 6) is 6.39. The van der Waals surface area contributed by atoms with Crippen molar-refractivity contribution in [2.45, 2.75) is 31.4 Å². The maximum Gasteiger partial charge on any atom is 0.225 e. The zero-order chi connectivity index (χ0) is 14.7. The highest BCUT2D eigenvalue weighted by Crippen LogP contribution is 2.32. The number of hydrazine groups is 1. The van der Waals surface area contributed by atoms with Gasteiger partial charge in [-0.15, -0.1) is 0 Å². The second-order valence-corrected chi connectivity index (χ2v) is 5.31. The Hall–Kier alpha value is -0.860. The van der Waals surface area contributed by atoms with Gasteiger partial charge in [-0.1, -0.05) is 11.6 Å². The highest BCUT2D eigenvalue weighted by Gasteiger charge is 2.30. The average Bonchev–Trinajstić information content (AvgIpc) is 2.88. The summed E-state index contributed by atoms with van der Waals surface area (Å²) in [5.41, 5.74) is 6.04. The molecule has 7 nitrogen and oxygen atoms in total. The van der Waals surface area contributed by atoms with Crippen molar-refractivity contribution < 1.29 is 9.84 Å². The van der Waals surface area contributed by atoms with E-state index in [0.29, 0.717) is 12.4 Å². The fourth-order valence-corrected chi connectivity index (χ4v) is 2.69. The van der Waals surface area contributed by atoms with E-state index < -0.39 is 0 Å². The maximum atomic E-state index is 8.75. The maximum absolute atomic E-state index is 8.75. The minimum atomic E-state index is 0.000674. The van der Waals surface area contributed by atoms with Crippen molar-refractivity contribution in [2.75, 3.05) is 24.0 Å². The number of nitrogens with zero attached hydrogens (tertiary/aromatic N) is 3. The van der Waals surface area contributed by atoms with Crippen LogP contribution in [0.3, 0.4) is 0 Å². The first-order chi connectivity index (χ1) is 9.52. The smallest absolute Gasteiger partial charge is 0.225 e. The van der Waals surface area contributed by atoms with Gasteiger partial charge in [0.15, 0.2) is 11.0 Å². The first kappa shape index (κ1) is 15.5. The van der Waals surface area contributed by atoms with E-state index in [-0.39, 0.29) is 34.9 Å². The van der Waals surface area contributed by atoms with Gasteiger partial charge in [0, 0.05) is 6.04 Å². The average molecular weight is 322 g/mol. The number of halogens is 2. The lowest BCUT2D eigenvalue weighted by Crippen LogP contribution is -2.41. The third-order valence-electron chi connectivity index (χ3n) is 3.29. The highest BCUT2D eigenvalue weighted by molar-refractivity contribution is 6.34. The van der Waals surface area contributed by atoms with Crippen LogP contribution in [-0.2, 0) is 4.74 Å². The Labute approximate surface area is 126 Å². The second kappa shape index (κ2) is 6.73. The van der Waals surface area contributed by atoms with Crippen LogP contribution in [0.2, 0.25) is 10.4 Å². The largest absolute Gasteiger partial charge is 0.394 e. The van der Waals surface area contributed by atoms with E-state index in [0.717, 1.165) is 19.3 Å². The number of aliphatic hydroxyl groups is 1. The summed E-state index contributed by atoms with van der Waals surface area (Å²) in [6.45, 7) is 0.340. The van der Waals surface area contributed by atoms with Gasteiger partial charge in [0.25, 0.3) is 0 Å². The number of ether oxygens (including phenoxy) is 1. The standard InChI is InChI=1S/C11H17Cl2N5O2/c12-9-8(14)10(17-11(13)16-9)18(15)6-1-2-7(5-6)20-4-3-19/h6-7,19H,1-5,14-15H2. The lowest BCUT2D eigenvalue weighted by Gasteiger charge is -2.26. The predicted octanol–water partition coefficient (Wildman–Crippen LogP) is 0.976. The van der Waals surface area contributed by atoms with Crippen molar-refractivity contribution in [3.8, 4) is 0 Å². The molecule has 2 unspecified atom stereocenters. The minimum Gasteiger partial charge on any atom is -0.394 e. The number of nitrogens with two attached hydrogens (primary N) is 2. The van der Waals surface area contributed by atoms with Crippen LogP contribution in [0.25, 0.3) is 0 Å². The first-order valence-electron chi connectivity index (χ1n) is 6.27. The summed E-state index contributed by atoms with van der Waals surface area (Å²) in [5, 5.41) is 10.3. The van der Waals surface area contributed by atoms with E-state index in [4.69, 9.17) is 44.6 Å². The first-order valence-corrected chi connectivity index (χ1v) is 7.03. The Morgan fingerprint density at radius 1 is 1.35 bits per heavy atom. The molecule has 1 aliphatic rings. The van der Waals surface area contributed by atoms with E-state index in [2.05, 4.69) is 9.97 Å². The van der Waals surface area contributed by atoms with Gasteiger partial charge in [-0.3, -0.25) is 5.01 Å². The molecule has 0 radical (unpaired) electrons. The molecule has 1 fully saturated rings. The predicted molar refractivity (Wildman–Crippen MR) is 77.6 cm³/mol. The topological polar surface area (TPSA) is 111 Å². The number of hydrogen-bond donors (Lipinski definition) is 3. The summed E-state index contributed by atoms with van der Waals surface area (Å²) in [4.78, 5) is 7.79.